The molecule has 104 valence electrons. The summed E-state index contributed by atoms with van der Waals surface area (Å²) in [4.78, 5) is 0. The van der Waals surface area contributed by atoms with Crippen LogP contribution in [0.5, 0.6) is 0 Å². The van der Waals surface area contributed by atoms with E-state index in [1.54, 1.807) is 0 Å². The maximum Gasteiger partial charge on any atom is 0.167 e. The van der Waals surface area contributed by atoms with Crippen LogP contribution in [0.3, 0.4) is 0 Å². The van der Waals surface area contributed by atoms with Crippen LogP contribution in [0.4, 0.5) is 5.82 Å². The van der Waals surface area contributed by atoms with Crippen molar-refractivity contribution in [3.05, 3.63) is 16.8 Å². The van der Waals surface area contributed by atoms with Crippen molar-refractivity contribution in [2.75, 3.05) is 5.32 Å². The van der Waals surface area contributed by atoms with E-state index in [1.165, 1.54) is 0 Å². The molecule has 4 heteroatoms. The molecule has 0 radical (unpaired) electrons. The topological polar surface area (TPSA) is 61.6 Å². The molecule has 0 amide bonds. The van der Waals surface area contributed by atoms with Crippen LogP contribution in [0.25, 0.3) is 0 Å². The molecule has 1 heterocycles. The monoisotopic (exact) mass is 260 g/mol. The van der Waals surface area contributed by atoms with E-state index in [4.69, 9.17) is 0 Å². The largest absolute Gasteiger partial charge is 0.365 e. The highest BCUT2D eigenvalue weighted by molar-refractivity contribution is 5.56. The Bertz CT molecular complexity index is 448. The number of nitrogens with zero attached hydrogens (tertiary/aromatic N) is 3. The molecule has 0 saturated carbocycles. The van der Waals surface area contributed by atoms with Crippen molar-refractivity contribution in [2.24, 2.45) is 0 Å². The maximum absolute atomic E-state index is 9.41. The van der Waals surface area contributed by atoms with Gasteiger partial charge in [0.1, 0.15) is 11.6 Å². The second-order valence-electron chi connectivity index (χ2n) is 4.71. The van der Waals surface area contributed by atoms with E-state index >= 15 is 0 Å². The van der Waals surface area contributed by atoms with Gasteiger partial charge in [0.2, 0.25) is 0 Å². The first-order chi connectivity index (χ1) is 9.21. The van der Waals surface area contributed by atoms with Gasteiger partial charge in [0.15, 0.2) is 5.82 Å². The van der Waals surface area contributed by atoms with Gasteiger partial charge in [-0.3, -0.25) is 0 Å². The molecule has 1 aromatic rings. The molecule has 0 fully saturated rings. The molecule has 0 aliphatic carbocycles. The number of hydrogen-bond donors (Lipinski definition) is 1. The highest BCUT2D eigenvalue weighted by Gasteiger charge is 2.16. The summed E-state index contributed by atoms with van der Waals surface area (Å²) < 4.78 is 0. The zero-order valence-corrected chi connectivity index (χ0v) is 12.5. The Morgan fingerprint density at radius 1 is 1.16 bits per heavy atom. The highest BCUT2D eigenvalue weighted by Crippen LogP contribution is 2.21. The quantitative estimate of drug-likeness (QED) is 0.815. The minimum absolute atomic E-state index is 0.364. The highest BCUT2D eigenvalue weighted by atomic mass is 15.2. The number of nitriles is 1. The third-order valence-electron chi connectivity index (χ3n) is 3.43. The van der Waals surface area contributed by atoms with Crippen LogP contribution in [0.2, 0.25) is 0 Å². The number of anilines is 1. The Morgan fingerprint density at radius 3 is 2.37 bits per heavy atom. The van der Waals surface area contributed by atoms with Crippen LogP contribution < -0.4 is 5.32 Å². The summed E-state index contributed by atoms with van der Waals surface area (Å²) >= 11 is 0. The van der Waals surface area contributed by atoms with Crippen LogP contribution in [-0.2, 0) is 12.8 Å². The van der Waals surface area contributed by atoms with Crippen molar-refractivity contribution in [2.45, 2.75) is 65.8 Å². The van der Waals surface area contributed by atoms with E-state index in [0.29, 0.717) is 17.4 Å². The van der Waals surface area contributed by atoms with Crippen molar-refractivity contribution in [1.82, 2.24) is 10.2 Å². The number of aromatic nitrogens is 2. The van der Waals surface area contributed by atoms with Gasteiger partial charge >= 0.3 is 0 Å². The Kier molecular flexibility index (Phi) is 6.27. The van der Waals surface area contributed by atoms with E-state index in [-0.39, 0.29) is 0 Å². The normalized spacial score (nSPS) is 11.9. The second kappa shape index (κ2) is 7.73. The summed E-state index contributed by atoms with van der Waals surface area (Å²) in [6.07, 6.45) is 4.87. The molecule has 0 saturated heterocycles. The smallest absolute Gasteiger partial charge is 0.167 e. The van der Waals surface area contributed by atoms with E-state index in [0.717, 1.165) is 43.4 Å². The minimum atomic E-state index is 0.364. The molecule has 1 aromatic heterocycles. The molecule has 1 unspecified atom stereocenters. The number of rotatable bonds is 7. The first-order valence-corrected chi connectivity index (χ1v) is 7.26. The molecule has 0 spiro atoms. The van der Waals surface area contributed by atoms with Crippen LogP contribution in [0, 0.1) is 11.3 Å². The summed E-state index contributed by atoms with van der Waals surface area (Å²) in [6, 6.07) is 2.66. The van der Waals surface area contributed by atoms with E-state index < -0.39 is 0 Å². The Morgan fingerprint density at radius 2 is 1.89 bits per heavy atom. The molecule has 1 atom stereocenters. The van der Waals surface area contributed by atoms with Gasteiger partial charge in [0.05, 0.1) is 5.69 Å². The first-order valence-electron chi connectivity index (χ1n) is 7.26. The second-order valence-corrected chi connectivity index (χ2v) is 4.71. The summed E-state index contributed by atoms with van der Waals surface area (Å²) in [5.74, 6) is 0.650. The molecule has 0 aliphatic heterocycles. The fourth-order valence-electron chi connectivity index (χ4n) is 2.31. The van der Waals surface area contributed by atoms with Gasteiger partial charge < -0.3 is 5.32 Å². The lowest BCUT2D eigenvalue weighted by atomic mass is 10.0. The summed E-state index contributed by atoms with van der Waals surface area (Å²) in [5.41, 5.74) is 2.64. The predicted octanol–water partition coefficient (Wildman–Crippen LogP) is 3.46. The Labute approximate surface area is 116 Å². The van der Waals surface area contributed by atoms with Gasteiger partial charge in [0, 0.05) is 6.04 Å². The lowest BCUT2D eigenvalue weighted by Gasteiger charge is -2.18. The molecule has 0 bridgehead atoms. The van der Waals surface area contributed by atoms with E-state index in [2.05, 4.69) is 42.4 Å². The van der Waals surface area contributed by atoms with Crippen LogP contribution in [0.1, 0.15) is 63.8 Å². The molecular formula is C15H24N4. The number of aryl methyl sites for hydroxylation is 1. The van der Waals surface area contributed by atoms with Crippen LogP contribution in [0.15, 0.2) is 0 Å². The molecule has 1 N–H and O–H groups in total. The fraction of sp³-hybridized carbons (Fsp3) is 0.667. The predicted molar refractivity (Wildman–Crippen MR) is 78.1 cm³/mol. The van der Waals surface area contributed by atoms with Gasteiger partial charge in [-0.15, -0.1) is 5.10 Å². The average molecular weight is 260 g/mol. The van der Waals surface area contributed by atoms with Gasteiger partial charge in [0.25, 0.3) is 0 Å². The van der Waals surface area contributed by atoms with Crippen molar-refractivity contribution in [3.63, 3.8) is 0 Å². The van der Waals surface area contributed by atoms with E-state index in [1.807, 2.05) is 6.92 Å². The van der Waals surface area contributed by atoms with Gasteiger partial charge in [-0.05, 0) is 31.2 Å². The average Bonchev–Trinajstić information content (AvgIpc) is 2.45. The summed E-state index contributed by atoms with van der Waals surface area (Å²) in [7, 11) is 0. The standard InChI is InChI=1S/C15H24N4/c1-5-9-11(6-2)17-15-13(10-16)12(7-3)14(8-4)18-19-15/h11H,5-9H2,1-4H3,(H,17,19). The van der Waals surface area contributed by atoms with E-state index in [9.17, 15) is 5.26 Å². The van der Waals surface area contributed by atoms with Crippen molar-refractivity contribution in [1.29, 1.82) is 5.26 Å². The molecule has 0 aromatic carbocycles. The van der Waals surface area contributed by atoms with Gasteiger partial charge in [-0.2, -0.15) is 10.4 Å². The molecule has 19 heavy (non-hydrogen) atoms. The SMILES string of the molecule is CCCC(CC)Nc1nnc(CC)c(CC)c1C#N. The van der Waals surface area contributed by atoms with Crippen LogP contribution in [-0.4, -0.2) is 16.2 Å². The van der Waals surface area contributed by atoms with Crippen molar-refractivity contribution < 1.29 is 0 Å². The maximum atomic E-state index is 9.41. The minimum Gasteiger partial charge on any atom is -0.365 e. The van der Waals surface area contributed by atoms with Crippen LogP contribution >= 0.6 is 0 Å². The zero-order chi connectivity index (χ0) is 14.3. The molecule has 4 nitrogen and oxygen atoms in total. The Balaban J connectivity index is 3.11. The van der Waals surface area contributed by atoms with Crippen molar-refractivity contribution >= 4 is 5.82 Å². The number of hydrogen-bond acceptors (Lipinski definition) is 4. The zero-order valence-electron chi connectivity index (χ0n) is 12.5. The molecule has 1 rings (SSSR count). The molecular weight excluding hydrogens is 236 g/mol. The number of nitrogens with one attached hydrogen (secondary N) is 1. The van der Waals surface area contributed by atoms with Gasteiger partial charge in [-0.25, -0.2) is 0 Å². The third kappa shape index (κ3) is 3.66. The summed E-state index contributed by atoms with van der Waals surface area (Å²) in [6.45, 7) is 8.42. The molecule has 0 aliphatic rings. The summed E-state index contributed by atoms with van der Waals surface area (Å²) in [5, 5.41) is 21.3. The fourth-order valence-corrected chi connectivity index (χ4v) is 2.31. The first kappa shape index (κ1) is 15.4. The van der Waals surface area contributed by atoms with Gasteiger partial charge in [-0.1, -0.05) is 34.1 Å². The van der Waals surface area contributed by atoms with Crippen molar-refractivity contribution in [3.8, 4) is 6.07 Å². The lowest BCUT2D eigenvalue weighted by molar-refractivity contribution is 0.618. The third-order valence-corrected chi connectivity index (χ3v) is 3.43. The lowest BCUT2D eigenvalue weighted by Crippen LogP contribution is -2.21. The Hall–Kier alpha value is -1.63.